The number of rotatable bonds is 3. The molecule has 0 unspecified atom stereocenters. The van der Waals surface area contributed by atoms with E-state index in [9.17, 15) is 4.39 Å². The molecule has 0 saturated heterocycles. The molecule has 2 aromatic carbocycles. The van der Waals surface area contributed by atoms with Crippen LogP contribution in [0.1, 0.15) is 5.56 Å². The summed E-state index contributed by atoms with van der Waals surface area (Å²) in [4.78, 5) is 2.10. The summed E-state index contributed by atoms with van der Waals surface area (Å²) in [6, 6.07) is 12.9. The molecule has 0 radical (unpaired) electrons. The van der Waals surface area contributed by atoms with E-state index in [0.29, 0.717) is 0 Å². The largest absolute Gasteiger partial charge is 0.305 e. The first-order valence-electron chi connectivity index (χ1n) is 5.76. The fourth-order valence-corrected chi connectivity index (χ4v) is 2.12. The molecule has 18 heavy (non-hydrogen) atoms. The van der Waals surface area contributed by atoms with Crippen molar-refractivity contribution in [2.45, 2.75) is 6.54 Å². The zero-order valence-corrected chi connectivity index (χ0v) is 11.2. The average Bonchev–Trinajstić information content (AvgIpc) is 2.33. The fourth-order valence-electron chi connectivity index (χ4n) is 1.94. The highest BCUT2D eigenvalue weighted by atomic mass is 35.5. The van der Waals surface area contributed by atoms with Crippen LogP contribution in [0.3, 0.4) is 0 Å². The Bertz CT molecular complexity index is 552. The van der Waals surface area contributed by atoms with Crippen molar-refractivity contribution < 1.29 is 4.39 Å². The maximum atomic E-state index is 13.2. The van der Waals surface area contributed by atoms with Crippen LogP contribution in [0.2, 0.25) is 5.02 Å². The number of halogens is 2. The summed E-state index contributed by atoms with van der Waals surface area (Å²) in [6.45, 7) is 0.838. The molecule has 0 aliphatic heterocycles. The minimum absolute atomic E-state index is 0.159. The van der Waals surface area contributed by atoms with Crippen LogP contribution in [0.25, 0.3) is 11.1 Å². The van der Waals surface area contributed by atoms with Crippen LogP contribution in [0, 0.1) is 5.82 Å². The molecule has 0 heterocycles. The van der Waals surface area contributed by atoms with Crippen molar-refractivity contribution in [1.29, 1.82) is 0 Å². The lowest BCUT2D eigenvalue weighted by Crippen LogP contribution is -2.11. The first-order chi connectivity index (χ1) is 8.58. The van der Waals surface area contributed by atoms with Crippen LogP contribution in [0.15, 0.2) is 42.5 Å². The van der Waals surface area contributed by atoms with Gasteiger partial charge in [0.2, 0.25) is 0 Å². The van der Waals surface area contributed by atoms with Gasteiger partial charge in [-0.2, -0.15) is 0 Å². The van der Waals surface area contributed by atoms with Crippen molar-refractivity contribution in [3.8, 4) is 11.1 Å². The summed E-state index contributed by atoms with van der Waals surface area (Å²) < 4.78 is 13.2. The molecule has 0 N–H and O–H groups in total. The molecule has 94 valence electrons. The van der Waals surface area contributed by atoms with Crippen LogP contribution >= 0.6 is 11.6 Å². The SMILES string of the molecule is CN(C)Cc1ccccc1-c1ccc(F)c(Cl)c1. The van der Waals surface area contributed by atoms with Gasteiger partial charge in [0.1, 0.15) is 5.82 Å². The predicted octanol–water partition coefficient (Wildman–Crippen LogP) is 4.21. The summed E-state index contributed by atoms with van der Waals surface area (Å²) in [5.41, 5.74) is 3.23. The van der Waals surface area contributed by atoms with E-state index in [-0.39, 0.29) is 10.8 Å². The molecule has 0 spiro atoms. The second kappa shape index (κ2) is 5.51. The van der Waals surface area contributed by atoms with Gasteiger partial charge < -0.3 is 4.90 Å². The molecular formula is C15H15ClFN. The van der Waals surface area contributed by atoms with E-state index in [1.807, 2.05) is 32.3 Å². The molecule has 0 amide bonds. The van der Waals surface area contributed by atoms with Gasteiger partial charge in [0, 0.05) is 6.54 Å². The highest BCUT2D eigenvalue weighted by Crippen LogP contribution is 2.28. The van der Waals surface area contributed by atoms with Crippen molar-refractivity contribution in [3.05, 3.63) is 58.9 Å². The minimum Gasteiger partial charge on any atom is -0.305 e. The van der Waals surface area contributed by atoms with Gasteiger partial charge in [0.25, 0.3) is 0 Å². The van der Waals surface area contributed by atoms with Crippen LogP contribution in [-0.4, -0.2) is 19.0 Å². The summed E-state index contributed by atoms with van der Waals surface area (Å²) >= 11 is 5.84. The Labute approximate surface area is 112 Å². The normalized spacial score (nSPS) is 10.9. The van der Waals surface area contributed by atoms with Crippen molar-refractivity contribution in [3.63, 3.8) is 0 Å². The third-order valence-electron chi connectivity index (χ3n) is 2.73. The Hall–Kier alpha value is -1.38. The Kier molecular flexibility index (Phi) is 4.00. The van der Waals surface area contributed by atoms with E-state index in [2.05, 4.69) is 11.0 Å². The smallest absolute Gasteiger partial charge is 0.141 e. The van der Waals surface area contributed by atoms with Crippen LogP contribution in [0.4, 0.5) is 4.39 Å². The Balaban J connectivity index is 2.46. The topological polar surface area (TPSA) is 3.24 Å². The van der Waals surface area contributed by atoms with Gasteiger partial charge in [-0.3, -0.25) is 0 Å². The first kappa shape index (κ1) is 13.1. The van der Waals surface area contributed by atoms with Crippen LogP contribution in [-0.2, 0) is 6.54 Å². The second-order valence-corrected chi connectivity index (χ2v) is 4.93. The number of nitrogens with zero attached hydrogens (tertiary/aromatic N) is 1. The quantitative estimate of drug-likeness (QED) is 0.802. The van der Waals surface area contributed by atoms with Crippen molar-refractivity contribution in [1.82, 2.24) is 4.90 Å². The average molecular weight is 264 g/mol. The Morgan fingerprint density at radius 3 is 2.50 bits per heavy atom. The molecule has 0 fully saturated rings. The minimum atomic E-state index is -0.384. The van der Waals surface area contributed by atoms with E-state index in [0.717, 1.165) is 17.7 Å². The highest BCUT2D eigenvalue weighted by molar-refractivity contribution is 6.31. The van der Waals surface area contributed by atoms with Crippen molar-refractivity contribution in [2.24, 2.45) is 0 Å². The number of hydrogen-bond donors (Lipinski definition) is 0. The van der Waals surface area contributed by atoms with Crippen LogP contribution in [0.5, 0.6) is 0 Å². The van der Waals surface area contributed by atoms with E-state index >= 15 is 0 Å². The number of benzene rings is 2. The lowest BCUT2D eigenvalue weighted by molar-refractivity contribution is 0.403. The first-order valence-corrected chi connectivity index (χ1v) is 6.14. The Morgan fingerprint density at radius 2 is 1.83 bits per heavy atom. The highest BCUT2D eigenvalue weighted by Gasteiger charge is 2.07. The molecule has 0 aromatic heterocycles. The molecule has 0 aliphatic rings. The van der Waals surface area contributed by atoms with Gasteiger partial charge in [-0.25, -0.2) is 4.39 Å². The molecule has 0 saturated carbocycles. The third-order valence-corrected chi connectivity index (χ3v) is 3.02. The zero-order valence-electron chi connectivity index (χ0n) is 10.5. The molecule has 0 aliphatic carbocycles. The maximum Gasteiger partial charge on any atom is 0.141 e. The predicted molar refractivity (Wildman–Crippen MR) is 74.2 cm³/mol. The Morgan fingerprint density at radius 1 is 1.11 bits per heavy atom. The van der Waals surface area contributed by atoms with Gasteiger partial charge in [-0.1, -0.05) is 41.9 Å². The molecule has 3 heteroatoms. The summed E-state index contributed by atoms with van der Waals surface area (Å²) in [5, 5.41) is 0.159. The van der Waals surface area contributed by atoms with E-state index in [1.54, 1.807) is 12.1 Å². The lowest BCUT2D eigenvalue weighted by Gasteiger charge is -2.14. The standard InChI is InChI=1S/C15H15ClFN/c1-18(2)10-12-5-3-4-6-13(12)11-7-8-15(17)14(16)9-11/h3-9H,10H2,1-2H3. The fraction of sp³-hybridized carbons (Fsp3) is 0.200. The molecule has 0 bridgehead atoms. The van der Waals surface area contributed by atoms with E-state index < -0.39 is 0 Å². The third kappa shape index (κ3) is 2.89. The maximum absolute atomic E-state index is 13.2. The molecule has 2 aromatic rings. The molecule has 2 rings (SSSR count). The van der Waals surface area contributed by atoms with Crippen LogP contribution < -0.4 is 0 Å². The molecular weight excluding hydrogens is 249 g/mol. The van der Waals surface area contributed by atoms with Gasteiger partial charge >= 0.3 is 0 Å². The summed E-state index contributed by atoms with van der Waals surface area (Å²) in [5.74, 6) is -0.384. The van der Waals surface area contributed by atoms with Gasteiger partial charge in [-0.15, -0.1) is 0 Å². The second-order valence-electron chi connectivity index (χ2n) is 4.52. The zero-order chi connectivity index (χ0) is 13.1. The van der Waals surface area contributed by atoms with Gasteiger partial charge in [0.15, 0.2) is 0 Å². The monoisotopic (exact) mass is 263 g/mol. The molecule has 0 atom stereocenters. The van der Waals surface area contributed by atoms with E-state index in [1.165, 1.54) is 11.6 Å². The van der Waals surface area contributed by atoms with Gasteiger partial charge in [-0.05, 0) is 42.9 Å². The van der Waals surface area contributed by atoms with Gasteiger partial charge in [0.05, 0.1) is 5.02 Å². The van der Waals surface area contributed by atoms with Crippen molar-refractivity contribution in [2.75, 3.05) is 14.1 Å². The molecule has 1 nitrogen and oxygen atoms in total. The van der Waals surface area contributed by atoms with E-state index in [4.69, 9.17) is 11.6 Å². The summed E-state index contributed by atoms with van der Waals surface area (Å²) in [7, 11) is 4.04. The lowest BCUT2D eigenvalue weighted by atomic mass is 9.99. The van der Waals surface area contributed by atoms with Crippen molar-refractivity contribution >= 4 is 11.6 Å². The number of hydrogen-bond acceptors (Lipinski definition) is 1. The summed E-state index contributed by atoms with van der Waals surface area (Å²) in [6.07, 6.45) is 0.